The molecular formula is C14H8FNOS. The second kappa shape index (κ2) is 5.39. The van der Waals surface area contributed by atoms with Crippen LogP contribution in [0.15, 0.2) is 46.7 Å². The molecule has 0 radical (unpaired) electrons. The summed E-state index contributed by atoms with van der Waals surface area (Å²) < 4.78 is 12.7. The Morgan fingerprint density at radius 3 is 2.56 bits per heavy atom. The van der Waals surface area contributed by atoms with Gasteiger partial charge in [-0.15, -0.1) is 0 Å². The number of ketones is 1. The maximum Gasteiger partial charge on any atom is 0.203 e. The van der Waals surface area contributed by atoms with Crippen molar-refractivity contribution in [2.45, 2.75) is 0 Å². The number of halogens is 1. The lowest BCUT2D eigenvalue weighted by Gasteiger charge is -1.98. The number of nitrogens with zero attached hydrogens (tertiary/aromatic N) is 1. The van der Waals surface area contributed by atoms with E-state index in [4.69, 9.17) is 5.26 Å². The van der Waals surface area contributed by atoms with E-state index < -0.39 is 11.6 Å². The highest BCUT2D eigenvalue weighted by Crippen LogP contribution is 2.15. The summed E-state index contributed by atoms with van der Waals surface area (Å²) in [5, 5.41) is 12.7. The maximum atomic E-state index is 12.7. The molecule has 0 unspecified atom stereocenters. The van der Waals surface area contributed by atoms with Gasteiger partial charge in [0, 0.05) is 5.56 Å². The monoisotopic (exact) mass is 257 g/mol. The average Bonchev–Trinajstić information content (AvgIpc) is 2.89. The fourth-order valence-electron chi connectivity index (χ4n) is 1.43. The van der Waals surface area contributed by atoms with Crippen molar-refractivity contribution in [3.8, 4) is 6.07 Å². The molecule has 1 aromatic heterocycles. The molecule has 0 aliphatic rings. The van der Waals surface area contributed by atoms with Gasteiger partial charge in [-0.2, -0.15) is 16.6 Å². The smallest absolute Gasteiger partial charge is 0.203 e. The Bertz CT molecular complexity index is 621. The van der Waals surface area contributed by atoms with Crippen LogP contribution in [-0.4, -0.2) is 5.78 Å². The number of thiophene rings is 1. The standard InChI is InChI=1S/C14H8FNOS/c15-13-3-1-11(2-4-13)14(17)12(8-16)7-10-5-6-18-9-10/h1-7,9H/b12-7+. The molecule has 0 aliphatic carbocycles. The van der Waals surface area contributed by atoms with Gasteiger partial charge in [-0.05, 0) is 52.7 Å². The van der Waals surface area contributed by atoms with Crippen LogP contribution in [0.2, 0.25) is 0 Å². The molecule has 1 heterocycles. The van der Waals surface area contributed by atoms with Crippen LogP contribution < -0.4 is 0 Å². The van der Waals surface area contributed by atoms with Gasteiger partial charge in [0.05, 0.1) is 0 Å². The summed E-state index contributed by atoms with van der Waals surface area (Å²) in [6, 6.07) is 8.84. The summed E-state index contributed by atoms with van der Waals surface area (Å²) in [6.07, 6.45) is 1.53. The normalized spacial score (nSPS) is 11.0. The van der Waals surface area contributed by atoms with Gasteiger partial charge in [-0.25, -0.2) is 4.39 Å². The Labute approximate surface area is 108 Å². The zero-order valence-corrected chi connectivity index (χ0v) is 10.1. The van der Waals surface area contributed by atoms with Gasteiger partial charge in [-0.3, -0.25) is 4.79 Å². The largest absolute Gasteiger partial charge is 0.288 e. The third-order valence-electron chi connectivity index (χ3n) is 2.33. The number of Topliss-reactive ketones (excluding diaryl/α,β-unsaturated/α-hetero) is 1. The molecule has 0 N–H and O–H groups in total. The van der Waals surface area contributed by atoms with Crippen molar-refractivity contribution < 1.29 is 9.18 Å². The minimum absolute atomic E-state index is 0.0417. The second-order valence-electron chi connectivity index (χ2n) is 3.56. The van der Waals surface area contributed by atoms with Crippen molar-refractivity contribution in [2.24, 2.45) is 0 Å². The summed E-state index contributed by atoms with van der Waals surface area (Å²) in [7, 11) is 0. The van der Waals surface area contributed by atoms with Gasteiger partial charge in [0.1, 0.15) is 17.5 Å². The fraction of sp³-hybridized carbons (Fsp3) is 0. The van der Waals surface area contributed by atoms with Crippen molar-refractivity contribution in [3.63, 3.8) is 0 Å². The summed E-state index contributed by atoms with van der Waals surface area (Å²) in [6.45, 7) is 0. The van der Waals surface area contributed by atoms with E-state index in [2.05, 4.69) is 0 Å². The van der Waals surface area contributed by atoms with Crippen molar-refractivity contribution in [2.75, 3.05) is 0 Å². The van der Waals surface area contributed by atoms with E-state index in [-0.39, 0.29) is 5.57 Å². The predicted octanol–water partition coefficient (Wildman–Crippen LogP) is 3.68. The van der Waals surface area contributed by atoms with Crippen LogP contribution in [0.25, 0.3) is 6.08 Å². The van der Waals surface area contributed by atoms with Gasteiger partial charge >= 0.3 is 0 Å². The number of carbonyl (C=O) groups excluding carboxylic acids is 1. The Balaban J connectivity index is 2.32. The topological polar surface area (TPSA) is 40.9 Å². The molecule has 0 saturated carbocycles. The number of allylic oxidation sites excluding steroid dienone is 1. The highest BCUT2D eigenvalue weighted by atomic mass is 32.1. The third kappa shape index (κ3) is 2.70. The first-order chi connectivity index (χ1) is 8.70. The fourth-order valence-corrected chi connectivity index (χ4v) is 2.05. The van der Waals surface area contributed by atoms with Crippen LogP contribution in [-0.2, 0) is 0 Å². The summed E-state index contributed by atoms with van der Waals surface area (Å²) in [5.74, 6) is -0.810. The van der Waals surface area contributed by atoms with Crippen LogP contribution in [0.4, 0.5) is 4.39 Å². The molecule has 0 atom stereocenters. The first kappa shape index (κ1) is 12.2. The molecule has 4 heteroatoms. The number of nitriles is 1. The van der Waals surface area contributed by atoms with Crippen LogP contribution in [0, 0.1) is 17.1 Å². The van der Waals surface area contributed by atoms with E-state index in [1.54, 1.807) is 0 Å². The predicted molar refractivity (Wildman–Crippen MR) is 68.6 cm³/mol. The lowest BCUT2D eigenvalue weighted by Crippen LogP contribution is -2.01. The van der Waals surface area contributed by atoms with E-state index in [0.717, 1.165) is 5.56 Å². The molecule has 0 fully saturated rings. The molecule has 0 saturated heterocycles. The SMILES string of the molecule is N#C/C(=C\c1ccsc1)C(=O)c1ccc(F)cc1. The third-order valence-corrected chi connectivity index (χ3v) is 3.03. The molecule has 0 amide bonds. The van der Waals surface area contributed by atoms with Crippen LogP contribution in [0.3, 0.4) is 0 Å². The van der Waals surface area contributed by atoms with Gasteiger partial charge < -0.3 is 0 Å². The first-order valence-corrected chi connectivity index (χ1v) is 6.09. The summed E-state index contributed by atoms with van der Waals surface area (Å²) >= 11 is 1.49. The van der Waals surface area contributed by atoms with Crippen molar-refractivity contribution in [1.29, 1.82) is 5.26 Å². The Morgan fingerprint density at radius 2 is 2.00 bits per heavy atom. The van der Waals surface area contributed by atoms with E-state index in [1.165, 1.54) is 41.7 Å². The van der Waals surface area contributed by atoms with Crippen molar-refractivity contribution >= 4 is 23.2 Å². The number of carbonyl (C=O) groups is 1. The maximum absolute atomic E-state index is 12.7. The zero-order chi connectivity index (χ0) is 13.0. The Kier molecular flexibility index (Phi) is 3.66. The molecule has 2 nitrogen and oxygen atoms in total. The summed E-state index contributed by atoms with van der Waals surface area (Å²) in [5.41, 5.74) is 1.16. The lowest BCUT2D eigenvalue weighted by molar-refractivity contribution is 0.104. The minimum atomic E-state index is -0.410. The van der Waals surface area contributed by atoms with Gasteiger partial charge in [0.25, 0.3) is 0 Å². The molecule has 0 spiro atoms. The van der Waals surface area contributed by atoms with Crippen LogP contribution in [0.1, 0.15) is 15.9 Å². The van der Waals surface area contributed by atoms with Gasteiger partial charge in [0.15, 0.2) is 0 Å². The van der Waals surface area contributed by atoms with E-state index in [0.29, 0.717) is 5.56 Å². The number of hydrogen-bond donors (Lipinski definition) is 0. The number of rotatable bonds is 3. The molecule has 2 aromatic rings. The van der Waals surface area contributed by atoms with Gasteiger partial charge in [0.2, 0.25) is 5.78 Å². The second-order valence-corrected chi connectivity index (χ2v) is 4.34. The molecule has 2 rings (SSSR count). The molecular weight excluding hydrogens is 249 g/mol. The van der Waals surface area contributed by atoms with Crippen molar-refractivity contribution in [3.05, 3.63) is 63.6 Å². The molecule has 0 aliphatic heterocycles. The van der Waals surface area contributed by atoms with Crippen molar-refractivity contribution in [1.82, 2.24) is 0 Å². The highest BCUT2D eigenvalue weighted by Gasteiger charge is 2.12. The Morgan fingerprint density at radius 1 is 1.28 bits per heavy atom. The molecule has 18 heavy (non-hydrogen) atoms. The zero-order valence-electron chi connectivity index (χ0n) is 9.26. The highest BCUT2D eigenvalue weighted by molar-refractivity contribution is 7.08. The average molecular weight is 257 g/mol. The quantitative estimate of drug-likeness (QED) is 0.478. The van der Waals surface area contributed by atoms with Crippen LogP contribution in [0.5, 0.6) is 0 Å². The number of hydrogen-bond acceptors (Lipinski definition) is 3. The Hall–Kier alpha value is -2.25. The molecule has 88 valence electrons. The van der Waals surface area contributed by atoms with E-state index >= 15 is 0 Å². The van der Waals surface area contributed by atoms with Gasteiger partial charge in [-0.1, -0.05) is 0 Å². The number of benzene rings is 1. The van der Waals surface area contributed by atoms with E-state index in [9.17, 15) is 9.18 Å². The first-order valence-electron chi connectivity index (χ1n) is 5.15. The van der Waals surface area contributed by atoms with E-state index in [1.807, 2.05) is 22.9 Å². The minimum Gasteiger partial charge on any atom is -0.288 e. The molecule has 1 aromatic carbocycles. The lowest BCUT2D eigenvalue weighted by atomic mass is 10.0. The van der Waals surface area contributed by atoms with Crippen LogP contribution >= 0.6 is 11.3 Å². The molecule has 0 bridgehead atoms. The summed E-state index contributed by atoms with van der Waals surface area (Å²) in [4.78, 5) is 12.0.